The van der Waals surface area contributed by atoms with Crippen molar-refractivity contribution in [1.82, 2.24) is 5.32 Å². The lowest BCUT2D eigenvalue weighted by Crippen LogP contribution is -2.58. The molecule has 3 saturated heterocycles. The van der Waals surface area contributed by atoms with Gasteiger partial charge in [-0.25, -0.2) is 0 Å². The Morgan fingerprint density at radius 3 is 2.33 bits per heavy atom. The molecule has 182 valence electrons. The molecule has 8 nitrogen and oxygen atoms in total. The molecule has 4 fully saturated rings. The summed E-state index contributed by atoms with van der Waals surface area (Å²) in [5, 5.41) is 3.04. The van der Waals surface area contributed by atoms with E-state index in [1.165, 1.54) is 5.57 Å². The maximum Gasteiger partial charge on any atom is 0.224 e. The number of ether oxygens (including phenoxy) is 5. The Balaban J connectivity index is 1.30. The van der Waals surface area contributed by atoms with Crippen LogP contribution in [-0.2, 0) is 33.3 Å². The van der Waals surface area contributed by atoms with Gasteiger partial charge in [0.2, 0.25) is 5.91 Å². The molecule has 5 rings (SSSR count). The minimum absolute atomic E-state index is 0.0142. The van der Waals surface area contributed by atoms with Crippen molar-refractivity contribution in [2.45, 2.75) is 83.8 Å². The molecular formula is C25H35NO7. The summed E-state index contributed by atoms with van der Waals surface area (Å²) < 4.78 is 30.4. The Kier molecular flexibility index (Phi) is 5.61. The molecule has 0 spiro atoms. The average molecular weight is 462 g/mol. The molecule has 3 heterocycles. The van der Waals surface area contributed by atoms with Crippen LogP contribution in [0.25, 0.3) is 0 Å². The Bertz CT molecular complexity index is 878. The van der Waals surface area contributed by atoms with Crippen LogP contribution in [0, 0.1) is 29.6 Å². The number of fused-ring (bicyclic) bond motifs is 5. The minimum Gasteiger partial charge on any atom is -0.353 e. The highest BCUT2D eigenvalue weighted by atomic mass is 16.9. The summed E-state index contributed by atoms with van der Waals surface area (Å²) in [4.78, 5) is 25.2. The van der Waals surface area contributed by atoms with E-state index in [9.17, 15) is 9.59 Å². The Morgan fingerprint density at radius 2 is 1.64 bits per heavy atom. The number of amides is 1. The van der Waals surface area contributed by atoms with Crippen LogP contribution in [0.2, 0.25) is 0 Å². The predicted molar refractivity (Wildman–Crippen MR) is 118 cm³/mol. The van der Waals surface area contributed by atoms with E-state index in [2.05, 4.69) is 37.4 Å². The van der Waals surface area contributed by atoms with Crippen LogP contribution in [0.4, 0.5) is 0 Å². The summed E-state index contributed by atoms with van der Waals surface area (Å²) in [5.41, 5.74) is 1.19. The van der Waals surface area contributed by atoms with E-state index in [0.29, 0.717) is 5.92 Å². The largest absolute Gasteiger partial charge is 0.353 e. The average Bonchev–Trinajstić information content (AvgIpc) is 3.42. The van der Waals surface area contributed by atoms with E-state index in [1.807, 2.05) is 27.7 Å². The van der Waals surface area contributed by atoms with Gasteiger partial charge in [0.05, 0.1) is 5.92 Å². The normalized spacial score (nSPS) is 45.4. The van der Waals surface area contributed by atoms with Gasteiger partial charge in [-0.3, -0.25) is 4.79 Å². The van der Waals surface area contributed by atoms with Gasteiger partial charge in [0.1, 0.15) is 30.7 Å². The summed E-state index contributed by atoms with van der Waals surface area (Å²) in [6.07, 6.45) is 5.03. The highest BCUT2D eigenvalue weighted by molar-refractivity contribution is 5.85. The quantitative estimate of drug-likeness (QED) is 0.496. The van der Waals surface area contributed by atoms with Crippen molar-refractivity contribution in [1.29, 1.82) is 0 Å². The van der Waals surface area contributed by atoms with Crippen LogP contribution in [0.3, 0.4) is 0 Å². The van der Waals surface area contributed by atoms with Gasteiger partial charge >= 0.3 is 0 Å². The van der Waals surface area contributed by atoms with E-state index in [4.69, 9.17) is 23.7 Å². The number of carbonyl (C=O) groups is 2. The Hall–Kier alpha value is -1.58. The summed E-state index contributed by atoms with van der Waals surface area (Å²) in [7, 11) is 0. The smallest absolute Gasteiger partial charge is 0.224 e. The topological polar surface area (TPSA) is 92.3 Å². The van der Waals surface area contributed by atoms with Gasteiger partial charge < -0.3 is 33.8 Å². The lowest BCUT2D eigenvalue weighted by molar-refractivity contribution is -0.232. The molecule has 0 aromatic carbocycles. The van der Waals surface area contributed by atoms with Gasteiger partial charge in [0.15, 0.2) is 17.9 Å². The fraction of sp³-hybridized carbons (Fsp3) is 0.760. The highest BCUT2D eigenvalue weighted by Crippen LogP contribution is 2.51. The third-order valence-electron chi connectivity index (χ3n) is 7.23. The van der Waals surface area contributed by atoms with E-state index in [-0.39, 0.29) is 36.3 Å². The van der Waals surface area contributed by atoms with Gasteiger partial charge in [-0.15, -0.1) is 0 Å². The fourth-order valence-electron chi connectivity index (χ4n) is 6.12. The Labute approximate surface area is 195 Å². The van der Waals surface area contributed by atoms with Crippen LogP contribution in [0.15, 0.2) is 23.8 Å². The van der Waals surface area contributed by atoms with E-state index in [0.717, 1.165) is 6.29 Å². The number of carbonyl (C=O) groups excluding carboxylic acids is 2. The zero-order chi connectivity index (χ0) is 23.7. The molecule has 0 aromatic rings. The second-order valence-electron chi connectivity index (χ2n) is 11.0. The molecular weight excluding hydrogens is 426 g/mol. The molecule has 33 heavy (non-hydrogen) atoms. The monoisotopic (exact) mass is 461 g/mol. The summed E-state index contributed by atoms with van der Waals surface area (Å²) >= 11 is 0. The van der Waals surface area contributed by atoms with Gasteiger partial charge in [-0.2, -0.15) is 0 Å². The van der Waals surface area contributed by atoms with Gasteiger partial charge in [0, 0.05) is 24.3 Å². The predicted octanol–water partition coefficient (Wildman–Crippen LogP) is 2.33. The van der Waals surface area contributed by atoms with Gasteiger partial charge in [-0.1, -0.05) is 37.6 Å². The van der Waals surface area contributed by atoms with Crippen LogP contribution in [0.1, 0.15) is 41.5 Å². The molecule has 5 aliphatic rings. The maximum atomic E-state index is 13.3. The van der Waals surface area contributed by atoms with Gasteiger partial charge in [0.25, 0.3) is 0 Å². The molecule has 2 aliphatic carbocycles. The molecule has 8 heteroatoms. The van der Waals surface area contributed by atoms with E-state index >= 15 is 0 Å². The second-order valence-corrected chi connectivity index (χ2v) is 11.0. The van der Waals surface area contributed by atoms with Crippen LogP contribution in [-0.4, -0.2) is 61.0 Å². The molecule has 9 unspecified atom stereocenters. The summed E-state index contributed by atoms with van der Waals surface area (Å²) in [6, 6.07) is 0. The van der Waals surface area contributed by atoms with Crippen LogP contribution in [0.5, 0.6) is 0 Å². The maximum absolute atomic E-state index is 13.3. The number of hydrogen-bond acceptors (Lipinski definition) is 7. The van der Waals surface area contributed by atoms with Crippen molar-refractivity contribution >= 4 is 12.2 Å². The Morgan fingerprint density at radius 1 is 1.00 bits per heavy atom. The van der Waals surface area contributed by atoms with Crippen molar-refractivity contribution in [3.8, 4) is 0 Å². The molecule has 0 radical (unpaired) electrons. The van der Waals surface area contributed by atoms with Gasteiger partial charge in [-0.05, 0) is 33.6 Å². The second kappa shape index (κ2) is 7.99. The zero-order valence-electron chi connectivity index (χ0n) is 20.1. The van der Waals surface area contributed by atoms with Crippen LogP contribution < -0.4 is 5.32 Å². The summed E-state index contributed by atoms with van der Waals surface area (Å²) in [5.74, 6) is -2.12. The lowest BCUT2D eigenvalue weighted by atomic mass is 9.83. The standard InChI is InChI=1S/C25H35NO7/c1-12(2)9-15-13-7-8-14(15)18(16(13)11-27)22(28)26-10-17-19-20(31-24(3,4)30-19)21-23(29-17)33-25(5,6)32-21/h7-9,11-14,16-21,23H,10H2,1-6H3,(H,26,28). The zero-order valence-corrected chi connectivity index (χ0v) is 20.1. The molecule has 0 aromatic heterocycles. The van der Waals surface area contributed by atoms with Crippen molar-refractivity contribution in [3.05, 3.63) is 23.8 Å². The molecule has 3 aliphatic heterocycles. The molecule has 1 amide bonds. The van der Waals surface area contributed by atoms with E-state index in [1.54, 1.807) is 0 Å². The molecule has 1 N–H and O–H groups in total. The molecule has 1 saturated carbocycles. The number of aldehydes is 1. The number of hydrogen-bond donors (Lipinski definition) is 1. The fourth-order valence-corrected chi connectivity index (χ4v) is 6.12. The first-order valence-electron chi connectivity index (χ1n) is 12.0. The van der Waals surface area contributed by atoms with Crippen molar-refractivity contribution < 1.29 is 33.3 Å². The SMILES string of the molecule is CC(C)C=C1C2C=CC1C(C(=O)NCC1OC3OC(C)(C)OC3C3OC(C)(C)OC13)C2C=O. The highest BCUT2D eigenvalue weighted by Gasteiger charge is 2.61. The van der Waals surface area contributed by atoms with Crippen molar-refractivity contribution in [2.24, 2.45) is 29.6 Å². The lowest BCUT2D eigenvalue weighted by Gasteiger charge is -2.37. The molecule has 2 bridgehead atoms. The summed E-state index contributed by atoms with van der Waals surface area (Å²) in [6.45, 7) is 11.9. The molecule has 9 atom stereocenters. The first-order valence-corrected chi connectivity index (χ1v) is 12.0. The third kappa shape index (κ3) is 4.00. The van der Waals surface area contributed by atoms with Crippen molar-refractivity contribution in [3.63, 3.8) is 0 Å². The number of allylic oxidation sites excluding steroid dienone is 4. The van der Waals surface area contributed by atoms with E-state index < -0.39 is 42.1 Å². The number of nitrogens with one attached hydrogen (secondary N) is 1. The first kappa shape index (κ1) is 23.2. The first-order chi connectivity index (χ1) is 15.5. The minimum atomic E-state index is -0.792. The van der Waals surface area contributed by atoms with Crippen LogP contribution >= 0.6 is 0 Å². The third-order valence-corrected chi connectivity index (χ3v) is 7.23. The van der Waals surface area contributed by atoms with Crippen molar-refractivity contribution in [2.75, 3.05) is 6.54 Å². The number of rotatable bonds is 5.